The standard InChI is InChI=1S/C21H20ClN7O2.C20H18ClN7O2.C19H18ClN7O2.C18H16ClN7O2/c1-28-19(16(12-25-28)21(31)26-17-8-7-15(22)11-24-17)27-20(30)14-5-3-13(4-6-14)18(23)29-9-2-10-29;1-27-18(15(11-24-27)20(30)25-16-7-6-14(21)10-23-16)26-19(29)13-4-2-12(3-5-13)17(22)28-8-9-28;1-22-16(21)11-3-5-12(6-4-11)18(28)26-17-14(10-24-27(17)2)19(29)25-15-8-7-13(20)9-23-15;1-26-16(25-17(27)11-4-2-10(3-5-11)15(20)21)13(9-23-26)18(28)24-14-7-6-12(19)8-22-14/h3-8,11-12,23H,2,9-10H2,1H3,(H,27,30)(H,24,26,31);2-7,10-11,22H,8-9H2,1H3,(H,26,29)(H,23,25,30);3-10H,1-2H3,(H2,21,22)(H,26,28)(H,23,25,29);2-9H,1H3,(H3,20,21)(H,25,27)(H,22,24,28). The highest BCUT2D eigenvalue weighted by Crippen LogP contribution is 2.26. The molecule has 0 saturated carbocycles. The molecule has 600 valence electrons. The van der Waals surface area contributed by atoms with Gasteiger partial charge < -0.3 is 63.8 Å². The molecule has 0 atom stereocenters. The first-order valence-electron chi connectivity index (χ1n) is 35.3. The van der Waals surface area contributed by atoms with Crippen LogP contribution in [0.1, 0.15) is 112 Å². The molecule has 12 aromatic rings. The molecule has 8 aromatic heterocycles. The molecule has 0 bridgehead atoms. The Morgan fingerprint density at radius 1 is 0.322 bits per heavy atom. The number of amidine groups is 4. The molecular weight excluding hydrogens is 1600 g/mol. The van der Waals surface area contributed by atoms with E-state index in [2.05, 4.69) is 87.9 Å². The summed E-state index contributed by atoms with van der Waals surface area (Å²) >= 11 is 23.2. The van der Waals surface area contributed by atoms with Gasteiger partial charge in [-0.3, -0.25) is 78.3 Å². The molecule has 40 heteroatoms. The van der Waals surface area contributed by atoms with Gasteiger partial charge in [-0.2, -0.15) is 20.4 Å². The number of amides is 8. The minimum absolute atomic E-state index is 0.0895. The van der Waals surface area contributed by atoms with Crippen LogP contribution in [-0.4, -0.2) is 173 Å². The first kappa shape index (κ1) is 84.0. The number of nitrogens with zero attached hydrogens (tertiary/aromatic N) is 15. The number of nitrogens with one attached hydrogen (secondary N) is 11. The van der Waals surface area contributed by atoms with Gasteiger partial charge in [-0.15, -0.1) is 0 Å². The van der Waals surface area contributed by atoms with Crippen LogP contribution < -0.4 is 54.0 Å². The first-order valence-corrected chi connectivity index (χ1v) is 36.8. The van der Waals surface area contributed by atoms with Crippen molar-refractivity contribution in [3.05, 3.63) is 282 Å². The van der Waals surface area contributed by atoms with Crippen LogP contribution in [0.4, 0.5) is 46.5 Å². The minimum atomic E-state index is -0.481. The summed E-state index contributed by atoms with van der Waals surface area (Å²) in [6, 6.07) is 39.2. The Morgan fingerprint density at radius 2 is 0.559 bits per heavy atom. The Hall–Kier alpha value is -14.9. The monoisotopic (exact) mass is 1670 g/mol. The number of pyridine rings is 4. The zero-order valence-corrected chi connectivity index (χ0v) is 66.2. The number of rotatable bonds is 20. The third-order valence-corrected chi connectivity index (χ3v) is 18.4. The van der Waals surface area contributed by atoms with Gasteiger partial charge in [0.1, 0.15) is 92.1 Å². The van der Waals surface area contributed by atoms with Crippen LogP contribution in [0.25, 0.3) is 0 Å². The molecule has 118 heavy (non-hydrogen) atoms. The summed E-state index contributed by atoms with van der Waals surface area (Å²) in [5.41, 5.74) is 16.2. The summed E-state index contributed by atoms with van der Waals surface area (Å²) < 4.78 is 5.60. The fraction of sp³-hybridized carbons (Fsp3) is 0.128. The number of aliphatic imine (C=N–C) groups is 1. The highest BCUT2D eigenvalue weighted by atomic mass is 35.5. The highest BCUT2D eigenvalue weighted by Gasteiger charge is 2.27. The van der Waals surface area contributed by atoms with Crippen molar-refractivity contribution < 1.29 is 38.4 Å². The van der Waals surface area contributed by atoms with Crippen LogP contribution in [0.5, 0.6) is 0 Å². The van der Waals surface area contributed by atoms with Gasteiger partial charge >= 0.3 is 0 Å². The summed E-state index contributed by atoms with van der Waals surface area (Å²) in [6.07, 6.45) is 12.2. The molecule has 15 N–H and O–H groups in total. The number of nitrogen functional groups attached to an aromatic ring is 1. The predicted molar refractivity (Wildman–Crippen MR) is 448 cm³/mol. The number of nitrogens with two attached hydrogens (primary N) is 2. The smallest absolute Gasteiger partial charge is 0.262 e. The van der Waals surface area contributed by atoms with E-state index in [4.69, 9.17) is 74.1 Å². The number of halogens is 4. The van der Waals surface area contributed by atoms with Gasteiger partial charge in [0.05, 0.1) is 44.9 Å². The van der Waals surface area contributed by atoms with Crippen LogP contribution in [0, 0.1) is 16.2 Å². The molecule has 8 amide bonds. The van der Waals surface area contributed by atoms with Gasteiger partial charge in [0, 0.05) is 131 Å². The number of likely N-dealkylation sites (tertiary alicyclic amines) is 1. The maximum Gasteiger partial charge on any atom is 0.262 e. The summed E-state index contributed by atoms with van der Waals surface area (Å²) in [6.45, 7) is 3.55. The van der Waals surface area contributed by atoms with Crippen LogP contribution >= 0.6 is 46.4 Å². The number of carbonyl (C=O) groups is 8. The number of hydrogen-bond acceptors (Lipinski definition) is 20. The van der Waals surface area contributed by atoms with Gasteiger partial charge in [-0.05, 0) is 103 Å². The van der Waals surface area contributed by atoms with E-state index in [0.29, 0.717) is 94.2 Å². The molecule has 0 unspecified atom stereocenters. The largest absolute Gasteiger partial charge is 0.384 e. The zero-order chi connectivity index (χ0) is 84.4. The van der Waals surface area contributed by atoms with Crippen molar-refractivity contribution >= 4 is 164 Å². The molecule has 36 nitrogen and oxygen atoms in total. The number of hydrogen-bond donors (Lipinski definition) is 13. The second-order valence-electron chi connectivity index (χ2n) is 25.6. The number of carbonyl (C=O) groups excluding carboxylic acids is 8. The summed E-state index contributed by atoms with van der Waals surface area (Å²) in [4.78, 5) is 125. The van der Waals surface area contributed by atoms with E-state index in [1.807, 2.05) is 9.80 Å². The van der Waals surface area contributed by atoms with Crippen molar-refractivity contribution in [2.24, 2.45) is 44.7 Å². The maximum atomic E-state index is 12.7. The van der Waals surface area contributed by atoms with Gasteiger partial charge in [0.2, 0.25) is 0 Å². The summed E-state index contributed by atoms with van der Waals surface area (Å²) in [7, 11) is 8.07. The number of aryl methyl sites for hydroxylation is 4. The third-order valence-electron chi connectivity index (χ3n) is 17.5. The molecule has 0 spiro atoms. The summed E-state index contributed by atoms with van der Waals surface area (Å²) in [5, 5.41) is 63.1. The van der Waals surface area contributed by atoms with Crippen molar-refractivity contribution in [2.45, 2.75) is 6.42 Å². The SMILES string of the molecule is CN=C(N)c1ccc(C(=O)Nc2c(C(=O)Nc3ccc(Cl)cn3)cnn2C)cc1.Cn1ncc(C(=O)Nc2ccc(Cl)cn2)c1NC(=O)c1ccc(C(=N)N)cc1.Cn1ncc(C(=O)Nc2ccc(Cl)cn2)c1NC(=O)c1ccc(C(=N)N2CC2)cc1.Cn1ncc(C(=O)Nc2ccc(Cl)cn2)c1NC(=O)c1ccc(C(=N)N2CCC2)cc1. The molecule has 10 heterocycles. The highest BCUT2D eigenvalue weighted by molar-refractivity contribution is 6.31. The average molecular weight is 1670 g/mol. The lowest BCUT2D eigenvalue weighted by Gasteiger charge is -2.33. The van der Waals surface area contributed by atoms with E-state index in [1.54, 1.807) is 181 Å². The molecule has 14 rings (SSSR count). The fourth-order valence-electron chi connectivity index (χ4n) is 10.7. The van der Waals surface area contributed by atoms with E-state index in [-0.39, 0.29) is 63.2 Å². The Balaban J connectivity index is 0.000000154. The van der Waals surface area contributed by atoms with Crippen molar-refractivity contribution in [3.8, 4) is 0 Å². The Labute approximate surface area is 691 Å². The minimum Gasteiger partial charge on any atom is -0.384 e. The Kier molecular flexibility index (Phi) is 27.3. The Morgan fingerprint density at radius 3 is 0.771 bits per heavy atom. The third kappa shape index (κ3) is 21.7. The summed E-state index contributed by atoms with van der Waals surface area (Å²) in [5.74, 6) is 0.00730. The lowest BCUT2D eigenvalue weighted by Crippen LogP contribution is -2.42. The fourth-order valence-corrected chi connectivity index (χ4v) is 11.2. The van der Waals surface area contributed by atoms with Gasteiger partial charge in [-0.25, -0.2) is 19.9 Å². The Bertz CT molecular complexity index is 5790. The lowest BCUT2D eigenvalue weighted by molar-refractivity contribution is 0.101. The van der Waals surface area contributed by atoms with Gasteiger partial charge in [0.15, 0.2) is 0 Å². The average Bonchev–Trinajstić information content (AvgIpc) is 1.61. The van der Waals surface area contributed by atoms with Crippen molar-refractivity contribution in [2.75, 3.05) is 75.8 Å². The normalized spacial score (nSPS) is 11.7. The number of anilines is 8. The van der Waals surface area contributed by atoms with Crippen LogP contribution in [0.15, 0.2) is 200 Å². The number of benzene rings is 4. The van der Waals surface area contributed by atoms with Gasteiger partial charge in [-0.1, -0.05) is 94.9 Å². The second kappa shape index (κ2) is 38.3. The van der Waals surface area contributed by atoms with Crippen LogP contribution in [0.2, 0.25) is 20.1 Å². The molecule has 2 saturated heterocycles. The number of aromatic nitrogens is 12. The van der Waals surface area contributed by atoms with Crippen LogP contribution in [0.3, 0.4) is 0 Å². The topological polar surface area (TPSA) is 498 Å². The lowest BCUT2D eigenvalue weighted by atomic mass is 10.1. The van der Waals surface area contributed by atoms with E-state index >= 15 is 0 Å². The van der Waals surface area contributed by atoms with Crippen molar-refractivity contribution in [3.63, 3.8) is 0 Å². The predicted octanol–water partition coefficient (Wildman–Crippen LogP) is 10.2. The van der Waals surface area contributed by atoms with Crippen molar-refractivity contribution in [1.29, 1.82) is 16.2 Å². The quantitative estimate of drug-likeness (QED) is 0.0191. The molecule has 2 aliphatic heterocycles. The molecule has 4 aromatic carbocycles. The zero-order valence-electron chi connectivity index (χ0n) is 63.2. The van der Waals surface area contributed by atoms with Crippen molar-refractivity contribution in [1.82, 2.24) is 68.9 Å². The first-order chi connectivity index (χ1) is 56.6. The molecular formula is C78H72Cl4N28O8. The van der Waals surface area contributed by atoms with E-state index < -0.39 is 35.4 Å². The van der Waals surface area contributed by atoms with Crippen LogP contribution in [-0.2, 0) is 28.2 Å². The van der Waals surface area contributed by atoms with E-state index in [0.717, 1.165) is 43.7 Å². The van der Waals surface area contributed by atoms with E-state index in [9.17, 15) is 38.4 Å². The van der Waals surface area contributed by atoms with Gasteiger partial charge in [0.25, 0.3) is 47.3 Å². The maximum absolute atomic E-state index is 12.7. The molecule has 0 radical (unpaired) electrons. The molecule has 0 aliphatic carbocycles. The second-order valence-corrected chi connectivity index (χ2v) is 27.3. The van der Waals surface area contributed by atoms with E-state index in [1.165, 1.54) is 68.3 Å². The molecule has 2 aliphatic rings. The molecule has 2 fully saturated rings.